The lowest BCUT2D eigenvalue weighted by molar-refractivity contribution is 0.00578. The number of allylic oxidation sites excluding steroid dienone is 4. The SMILES string of the molecule is C=CC1=C(C=C)C(C)(C)c2cc(C(C)=N/C(c3ccc(B4OC(C)(C)C(C)(C)O4)cc3)=c3/ccccc3=C)ccc21.CC.CC. The van der Waals surface area contributed by atoms with E-state index in [1.807, 2.05) is 58.0 Å². The molecule has 3 aromatic carbocycles. The topological polar surface area (TPSA) is 30.8 Å². The Morgan fingerprint density at radius 1 is 0.756 bits per heavy atom. The van der Waals surface area contributed by atoms with Crippen LogP contribution >= 0.6 is 0 Å². The molecule has 45 heavy (non-hydrogen) atoms. The summed E-state index contributed by atoms with van der Waals surface area (Å²) in [5.41, 5.74) is 8.78. The monoisotopic (exact) mass is 601 g/mol. The van der Waals surface area contributed by atoms with Gasteiger partial charge in [0.1, 0.15) is 0 Å². The summed E-state index contributed by atoms with van der Waals surface area (Å²) in [5, 5.41) is 1.93. The van der Waals surface area contributed by atoms with Gasteiger partial charge in [0.25, 0.3) is 0 Å². The third kappa shape index (κ3) is 6.78. The Hall–Kier alpha value is -3.73. The first-order valence-corrected chi connectivity index (χ1v) is 16.2. The molecule has 3 aromatic rings. The first-order valence-electron chi connectivity index (χ1n) is 16.2. The van der Waals surface area contributed by atoms with Gasteiger partial charge in [0.2, 0.25) is 0 Å². The number of hydrogen-bond acceptors (Lipinski definition) is 3. The van der Waals surface area contributed by atoms with Crippen LogP contribution < -0.4 is 15.9 Å². The molecule has 5 rings (SSSR count). The molecule has 0 unspecified atom stereocenters. The van der Waals surface area contributed by atoms with E-state index >= 15 is 0 Å². The first kappa shape index (κ1) is 35.8. The van der Waals surface area contributed by atoms with Gasteiger partial charge in [-0.15, -0.1) is 0 Å². The van der Waals surface area contributed by atoms with Gasteiger partial charge < -0.3 is 9.31 Å². The van der Waals surface area contributed by atoms with Crippen LogP contribution in [0.3, 0.4) is 0 Å². The minimum Gasteiger partial charge on any atom is -0.399 e. The number of hydrogen-bond donors (Lipinski definition) is 0. The van der Waals surface area contributed by atoms with Gasteiger partial charge in [0, 0.05) is 21.9 Å². The van der Waals surface area contributed by atoms with Gasteiger partial charge in [0.05, 0.1) is 16.9 Å². The van der Waals surface area contributed by atoms with Crippen molar-refractivity contribution >= 4 is 36.1 Å². The molecular formula is C41H52BNO2. The fraction of sp³-hybridized carbons (Fsp3) is 0.341. The van der Waals surface area contributed by atoms with Gasteiger partial charge in [-0.05, 0) is 79.2 Å². The first-order chi connectivity index (χ1) is 21.3. The maximum Gasteiger partial charge on any atom is 0.494 e. The average molecular weight is 602 g/mol. The van der Waals surface area contributed by atoms with Crippen LogP contribution in [0.25, 0.3) is 17.8 Å². The summed E-state index contributed by atoms with van der Waals surface area (Å²) >= 11 is 0. The Bertz CT molecular complexity index is 1710. The fourth-order valence-electron chi connectivity index (χ4n) is 5.77. The molecule has 1 fully saturated rings. The molecule has 0 N–H and O–H groups in total. The molecule has 1 aliphatic carbocycles. The summed E-state index contributed by atoms with van der Waals surface area (Å²) in [5.74, 6) is 0. The van der Waals surface area contributed by atoms with Crippen LogP contribution in [0.2, 0.25) is 0 Å². The summed E-state index contributed by atoms with van der Waals surface area (Å²) in [4.78, 5) is 5.25. The zero-order valence-electron chi connectivity index (χ0n) is 29.5. The molecule has 236 valence electrons. The van der Waals surface area contributed by atoms with Crippen molar-refractivity contribution in [2.75, 3.05) is 0 Å². The zero-order chi connectivity index (χ0) is 33.7. The number of aliphatic imine (C=N–C) groups is 1. The van der Waals surface area contributed by atoms with Gasteiger partial charge in [0.15, 0.2) is 0 Å². The van der Waals surface area contributed by atoms with E-state index in [0.717, 1.165) is 44.0 Å². The van der Waals surface area contributed by atoms with Crippen LogP contribution in [0, 0.1) is 0 Å². The third-order valence-corrected chi connectivity index (χ3v) is 9.03. The van der Waals surface area contributed by atoms with E-state index in [1.54, 1.807) is 0 Å². The molecule has 1 heterocycles. The molecule has 4 heteroatoms. The standard InChI is InChI=1S/C37H40BNO2.2C2H6/c1-11-29-31-22-19-27(23-33(31)35(5,6)32(29)12-2)25(4)39-34(30-16-14-13-15-24(30)3)26-17-20-28(21-18-26)38-40-36(7,8)37(9,10)41-38;2*1-2/h11-23H,1-3H2,4-10H3;2*1-2H3/b34-30-,39-25?;;. The average Bonchev–Trinajstić information content (AvgIpc) is 3.40. The highest BCUT2D eigenvalue weighted by Crippen LogP contribution is 2.47. The fourth-order valence-corrected chi connectivity index (χ4v) is 5.77. The van der Waals surface area contributed by atoms with Gasteiger partial charge >= 0.3 is 7.12 Å². The van der Waals surface area contributed by atoms with Gasteiger partial charge in [-0.3, -0.25) is 4.99 Å². The lowest BCUT2D eigenvalue weighted by Crippen LogP contribution is -2.41. The minimum atomic E-state index is -0.410. The molecule has 0 radical (unpaired) electrons. The highest BCUT2D eigenvalue weighted by Gasteiger charge is 2.51. The molecule has 0 aromatic heterocycles. The van der Waals surface area contributed by atoms with Crippen molar-refractivity contribution in [1.82, 2.24) is 0 Å². The number of nitrogens with zero attached hydrogens (tertiary/aromatic N) is 1. The number of fused-ring (bicyclic) bond motifs is 1. The molecule has 1 saturated heterocycles. The maximum atomic E-state index is 6.28. The molecule has 2 aliphatic rings. The summed E-state index contributed by atoms with van der Waals surface area (Å²) in [6, 6.07) is 23.1. The van der Waals surface area contributed by atoms with Gasteiger partial charge in [-0.25, -0.2) is 0 Å². The summed E-state index contributed by atoms with van der Waals surface area (Å²) < 4.78 is 12.6. The Kier molecular flexibility index (Phi) is 11.2. The normalized spacial score (nSPS) is 18.2. The lowest BCUT2D eigenvalue weighted by Gasteiger charge is -2.32. The molecule has 0 atom stereocenters. The van der Waals surface area contributed by atoms with Crippen LogP contribution in [0.15, 0.2) is 103 Å². The molecule has 0 bridgehead atoms. The van der Waals surface area contributed by atoms with E-state index < -0.39 is 7.12 Å². The molecular weight excluding hydrogens is 549 g/mol. The predicted molar refractivity (Wildman–Crippen MR) is 198 cm³/mol. The van der Waals surface area contributed by atoms with E-state index in [-0.39, 0.29) is 16.6 Å². The van der Waals surface area contributed by atoms with Gasteiger partial charge in [-0.2, -0.15) is 0 Å². The van der Waals surface area contributed by atoms with Crippen molar-refractivity contribution in [2.45, 2.75) is 92.8 Å². The van der Waals surface area contributed by atoms with Gasteiger partial charge in [-0.1, -0.05) is 134 Å². The summed E-state index contributed by atoms with van der Waals surface area (Å²) in [6.07, 6.45) is 3.90. The Balaban J connectivity index is 0.00000133. The Labute approximate surface area is 273 Å². The second-order valence-electron chi connectivity index (χ2n) is 12.5. The molecule has 0 spiro atoms. The minimum absolute atomic E-state index is 0.160. The van der Waals surface area contributed by atoms with Crippen molar-refractivity contribution < 1.29 is 9.31 Å². The van der Waals surface area contributed by atoms with Crippen LogP contribution in [0.5, 0.6) is 0 Å². The third-order valence-electron chi connectivity index (χ3n) is 9.03. The molecule has 1 aliphatic heterocycles. The van der Waals surface area contributed by atoms with Crippen molar-refractivity contribution in [3.63, 3.8) is 0 Å². The van der Waals surface area contributed by atoms with Crippen LogP contribution in [0.1, 0.15) is 98.4 Å². The van der Waals surface area contributed by atoms with E-state index in [2.05, 4.69) is 117 Å². The van der Waals surface area contributed by atoms with E-state index in [1.165, 1.54) is 16.7 Å². The second kappa shape index (κ2) is 14.1. The molecule has 3 nitrogen and oxygen atoms in total. The Morgan fingerprint density at radius 2 is 1.31 bits per heavy atom. The van der Waals surface area contributed by atoms with Crippen LogP contribution in [-0.2, 0) is 14.7 Å². The zero-order valence-corrected chi connectivity index (χ0v) is 29.5. The van der Waals surface area contributed by atoms with Crippen molar-refractivity contribution in [1.29, 1.82) is 0 Å². The lowest BCUT2D eigenvalue weighted by atomic mass is 9.78. The van der Waals surface area contributed by atoms with E-state index in [9.17, 15) is 0 Å². The van der Waals surface area contributed by atoms with Crippen molar-refractivity contribution in [2.24, 2.45) is 4.99 Å². The number of benzene rings is 3. The molecule has 0 saturated carbocycles. The summed E-state index contributed by atoms with van der Waals surface area (Å²) in [6.45, 7) is 35.3. The van der Waals surface area contributed by atoms with Crippen molar-refractivity contribution in [3.8, 4) is 0 Å². The van der Waals surface area contributed by atoms with Crippen molar-refractivity contribution in [3.05, 3.63) is 130 Å². The summed E-state index contributed by atoms with van der Waals surface area (Å²) in [7, 11) is -0.410. The smallest absolute Gasteiger partial charge is 0.399 e. The van der Waals surface area contributed by atoms with E-state index in [0.29, 0.717) is 0 Å². The quantitative estimate of drug-likeness (QED) is 0.210. The largest absolute Gasteiger partial charge is 0.494 e. The second-order valence-corrected chi connectivity index (χ2v) is 12.5. The molecule has 0 amide bonds. The van der Waals surface area contributed by atoms with Crippen LogP contribution in [0.4, 0.5) is 0 Å². The highest BCUT2D eigenvalue weighted by atomic mass is 16.7. The highest BCUT2D eigenvalue weighted by molar-refractivity contribution is 6.62. The number of rotatable bonds is 6. The van der Waals surface area contributed by atoms with E-state index in [4.69, 9.17) is 14.3 Å². The van der Waals surface area contributed by atoms with Crippen LogP contribution in [-0.4, -0.2) is 24.0 Å². The Morgan fingerprint density at radius 3 is 1.84 bits per heavy atom. The predicted octanol–water partition coefficient (Wildman–Crippen LogP) is 8.53. The maximum absolute atomic E-state index is 6.28.